The van der Waals surface area contributed by atoms with E-state index in [1.54, 1.807) is 31.1 Å². The van der Waals surface area contributed by atoms with Crippen molar-refractivity contribution in [2.45, 2.75) is 50.9 Å². The molecule has 1 aromatic carbocycles. The number of phenolic OH excluding ortho intramolecular Hbond substituents is 2. The Bertz CT molecular complexity index is 2110. The molecular formula is C32H38ClN11O10S3. The molecule has 4 amide bonds. The monoisotopic (exact) mass is 867 g/mol. The van der Waals surface area contributed by atoms with Crippen molar-refractivity contribution in [2.75, 3.05) is 23.8 Å². The number of aliphatic imine (C=N–C) groups is 1. The molecule has 306 valence electrons. The van der Waals surface area contributed by atoms with E-state index < -0.39 is 75.5 Å². The van der Waals surface area contributed by atoms with Crippen molar-refractivity contribution in [1.29, 1.82) is 0 Å². The van der Waals surface area contributed by atoms with Gasteiger partial charge in [0, 0.05) is 34.7 Å². The Balaban J connectivity index is 0.00000620. The number of nitrogens with one attached hydrogen (secondary N) is 4. The van der Waals surface area contributed by atoms with Gasteiger partial charge in [-0.2, -0.15) is 0 Å². The number of carbonyl (C=O) groups is 5. The number of fused-ring (bicyclic) bond motifs is 2. The molecule has 21 nitrogen and oxygen atoms in total. The summed E-state index contributed by atoms with van der Waals surface area (Å²) in [5, 5.41) is 50.8. The van der Waals surface area contributed by atoms with E-state index >= 15 is 0 Å². The molecule has 4 aliphatic rings. The number of oxime groups is 1. The lowest BCUT2D eigenvalue weighted by molar-refractivity contribution is -0.157. The fourth-order valence-corrected chi connectivity index (χ4v) is 8.98. The van der Waals surface area contributed by atoms with Crippen molar-refractivity contribution in [2.24, 2.45) is 15.6 Å². The lowest BCUT2D eigenvalue weighted by Gasteiger charge is -2.53. The van der Waals surface area contributed by atoms with Crippen LogP contribution in [0.4, 0.5) is 5.13 Å². The van der Waals surface area contributed by atoms with Crippen LogP contribution < -0.4 is 27.4 Å². The number of nitrogens with zero attached hydrogens (tertiary/aromatic N) is 6. The normalized spacial score (nSPS) is 22.1. The standard InChI is InChI=1S/C32H37N11O10S3.ClH/c1-14-7-21(43-20(34-14)9-42(40-43)15(2)44)55-12-32(29(51)52)11-41-26(49)23(27(41)56-13-32)36-25(48)22(17-10-54-30(33)35-17)39-53-31(3,4)28(50)38-37-24(47)16-5-6-18(45)19(46)8-16;/h5-10,15,23,27,40,44-46H,11-13H2,1-4H3,(H2,33,35)(H,36,48)(H,37,47)(H,38,50)(H,51,52);1H/t15?,23?,27-,32?;/m1./s1. The number of aliphatic hydroxyl groups is 1. The Labute approximate surface area is 342 Å². The minimum absolute atomic E-state index is 0. The van der Waals surface area contributed by atoms with Gasteiger partial charge in [0.1, 0.15) is 28.8 Å². The van der Waals surface area contributed by atoms with Crippen LogP contribution in [0.3, 0.4) is 0 Å². The number of phenols is 2. The summed E-state index contributed by atoms with van der Waals surface area (Å²) >= 11 is 3.47. The van der Waals surface area contributed by atoms with Gasteiger partial charge in [0.2, 0.25) is 11.5 Å². The highest BCUT2D eigenvalue weighted by atomic mass is 35.5. The Morgan fingerprint density at radius 1 is 1.23 bits per heavy atom. The zero-order chi connectivity index (χ0) is 40.7. The summed E-state index contributed by atoms with van der Waals surface area (Å²) in [4.78, 5) is 80.7. The second kappa shape index (κ2) is 16.7. The van der Waals surface area contributed by atoms with Gasteiger partial charge in [-0.1, -0.05) is 5.16 Å². The molecule has 5 heterocycles. The predicted octanol–water partition coefficient (Wildman–Crippen LogP) is 0.213. The molecule has 4 aliphatic heterocycles. The van der Waals surface area contributed by atoms with Crippen LogP contribution in [0, 0.1) is 5.41 Å². The predicted molar refractivity (Wildman–Crippen MR) is 211 cm³/mol. The summed E-state index contributed by atoms with van der Waals surface area (Å²) in [6.07, 6.45) is 2.55. The number of aromatic hydroxyl groups is 2. The number of carboxylic acid groups (broad SMARTS) is 1. The number of thioether (sulfide) groups is 2. The number of aliphatic hydroxyl groups excluding tert-OH is 1. The molecule has 25 heteroatoms. The van der Waals surface area contributed by atoms with E-state index in [9.17, 15) is 44.4 Å². The van der Waals surface area contributed by atoms with E-state index in [2.05, 4.69) is 36.8 Å². The zero-order valence-electron chi connectivity index (χ0n) is 30.4. The number of amides is 4. The third kappa shape index (κ3) is 8.84. The van der Waals surface area contributed by atoms with Gasteiger partial charge in [-0.05, 0) is 52.0 Å². The fourth-order valence-electron chi connectivity index (χ4n) is 5.50. The molecule has 1 aromatic heterocycles. The third-order valence-corrected chi connectivity index (χ3v) is 12.3. The number of hydrogen-bond acceptors (Lipinski definition) is 19. The molecule has 0 saturated carbocycles. The molecule has 0 bridgehead atoms. The van der Waals surface area contributed by atoms with Gasteiger partial charge in [0.25, 0.3) is 17.7 Å². The molecule has 2 aromatic rings. The van der Waals surface area contributed by atoms with E-state index in [1.807, 2.05) is 0 Å². The number of allylic oxidation sites excluding steroid dienone is 1. The molecule has 10 N–H and O–H groups in total. The number of anilines is 1. The SMILES string of the molecule is CC1=NC2=CN(C(C)O)NN2C(SCC2(C(=O)O)CS[C@@H]3C(NC(=O)C(=NOC(C)(C)C(=O)NNC(=O)c4ccc(O)c(O)c4)c4csc(N)n4)C(=O)N3C2)=C1.Cl. The van der Waals surface area contributed by atoms with Crippen LogP contribution in [0.15, 0.2) is 56.9 Å². The summed E-state index contributed by atoms with van der Waals surface area (Å²) in [5.41, 5.74) is 10.2. The van der Waals surface area contributed by atoms with Crippen LogP contribution in [0.5, 0.6) is 11.5 Å². The highest BCUT2D eigenvalue weighted by molar-refractivity contribution is 8.03. The lowest BCUT2D eigenvalue weighted by atomic mass is 9.89. The largest absolute Gasteiger partial charge is 0.504 e. The van der Waals surface area contributed by atoms with E-state index in [-0.39, 0.29) is 46.8 Å². The van der Waals surface area contributed by atoms with Crippen LogP contribution in [0.25, 0.3) is 0 Å². The van der Waals surface area contributed by atoms with Crippen LogP contribution in [0.1, 0.15) is 43.7 Å². The van der Waals surface area contributed by atoms with Gasteiger partial charge >= 0.3 is 5.97 Å². The van der Waals surface area contributed by atoms with Gasteiger partial charge in [-0.15, -0.1) is 52.8 Å². The van der Waals surface area contributed by atoms with Gasteiger partial charge in [-0.3, -0.25) is 39.8 Å². The lowest BCUT2D eigenvalue weighted by Crippen LogP contribution is -2.74. The number of thiazole rings is 1. The van der Waals surface area contributed by atoms with E-state index in [4.69, 9.17) is 10.6 Å². The number of carboxylic acids is 1. The number of hydrogen-bond donors (Lipinski definition) is 9. The van der Waals surface area contributed by atoms with Gasteiger partial charge < -0.3 is 41.2 Å². The minimum atomic E-state index is -1.80. The van der Waals surface area contributed by atoms with Crippen molar-refractivity contribution in [3.8, 4) is 11.5 Å². The van der Waals surface area contributed by atoms with Crippen molar-refractivity contribution in [3.63, 3.8) is 0 Å². The van der Waals surface area contributed by atoms with Crippen molar-refractivity contribution < 1.29 is 49.2 Å². The highest BCUT2D eigenvalue weighted by Gasteiger charge is 2.58. The van der Waals surface area contributed by atoms with E-state index in [0.717, 1.165) is 23.5 Å². The Kier molecular flexibility index (Phi) is 12.5. The first kappa shape index (κ1) is 42.9. The number of aliphatic carboxylic acids is 1. The van der Waals surface area contributed by atoms with Crippen molar-refractivity contribution in [1.82, 2.24) is 41.6 Å². The van der Waals surface area contributed by atoms with Crippen molar-refractivity contribution in [3.05, 3.63) is 58.0 Å². The maximum absolute atomic E-state index is 13.7. The van der Waals surface area contributed by atoms with Crippen LogP contribution in [0.2, 0.25) is 0 Å². The number of rotatable bonds is 12. The molecule has 4 atom stereocenters. The number of hydrazine groups is 3. The minimum Gasteiger partial charge on any atom is -0.504 e. The molecule has 2 fully saturated rings. The molecular weight excluding hydrogens is 830 g/mol. The molecule has 0 spiro atoms. The van der Waals surface area contributed by atoms with Crippen LogP contribution >= 0.6 is 47.3 Å². The number of aromatic nitrogens is 1. The average Bonchev–Trinajstić information content (AvgIpc) is 3.79. The Morgan fingerprint density at radius 3 is 2.61 bits per heavy atom. The van der Waals surface area contributed by atoms with Gasteiger partial charge in [-0.25, -0.2) is 15.0 Å². The van der Waals surface area contributed by atoms with Crippen LogP contribution in [-0.4, -0.2) is 123 Å². The average molecular weight is 868 g/mol. The molecule has 3 unspecified atom stereocenters. The second-order valence-electron chi connectivity index (χ2n) is 13.4. The number of nitrogen functional groups attached to an aromatic ring is 1. The number of nitrogens with two attached hydrogens (primary N) is 1. The topological polar surface area (TPSA) is 297 Å². The quantitative estimate of drug-likeness (QED) is 0.0596. The molecule has 6 rings (SSSR count). The summed E-state index contributed by atoms with van der Waals surface area (Å²) in [5.74, 6) is -4.45. The first-order chi connectivity index (χ1) is 26.4. The third-order valence-electron chi connectivity index (χ3n) is 8.75. The fraction of sp³-hybridized carbons (Fsp3) is 0.375. The number of benzene rings is 1. The summed E-state index contributed by atoms with van der Waals surface area (Å²) in [6.45, 7) is 5.86. The van der Waals surface area contributed by atoms with Crippen molar-refractivity contribution >= 4 is 93.4 Å². The first-order valence-electron chi connectivity index (χ1n) is 16.6. The second-order valence-corrected chi connectivity index (χ2v) is 16.4. The summed E-state index contributed by atoms with van der Waals surface area (Å²) in [7, 11) is 0. The van der Waals surface area contributed by atoms with E-state index in [1.165, 1.54) is 58.7 Å². The van der Waals surface area contributed by atoms with E-state index in [0.29, 0.717) is 16.6 Å². The maximum Gasteiger partial charge on any atom is 0.313 e. The highest BCUT2D eigenvalue weighted by Crippen LogP contribution is 2.45. The first-order valence-corrected chi connectivity index (χ1v) is 19.5. The molecule has 2 saturated heterocycles. The summed E-state index contributed by atoms with van der Waals surface area (Å²) < 4.78 is 0. The number of halogens is 1. The summed E-state index contributed by atoms with van der Waals surface area (Å²) in [6, 6.07) is 2.25. The number of β-lactam (4-membered cyclic amide) rings is 1. The molecule has 0 aliphatic carbocycles. The number of carbonyl (C=O) groups excluding carboxylic acids is 4. The molecule has 57 heavy (non-hydrogen) atoms. The zero-order valence-corrected chi connectivity index (χ0v) is 33.7. The van der Waals surface area contributed by atoms with Crippen LogP contribution in [-0.2, 0) is 24.0 Å². The van der Waals surface area contributed by atoms with Gasteiger partial charge in [0.15, 0.2) is 28.2 Å². The van der Waals surface area contributed by atoms with Gasteiger partial charge in [0.05, 0.1) is 11.2 Å². The Morgan fingerprint density at radius 2 is 1.96 bits per heavy atom. The maximum atomic E-state index is 13.7. The molecule has 0 radical (unpaired) electrons. The smallest absolute Gasteiger partial charge is 0.313 e. The Hall–Kier alpha value is -5.27.